The molecule has 0 amide bonds. The number of nitrogens with zero attached hydrogens (tertiary/aromatic N) is 1. The smallest absolute Gasteiger partial charge is 0.246 e. The number of rotatable bonds is 5. The number of nitrogen functional groups attached to an aromatic ring is 1. The summed E-state index contributed by atoms with van der Waals surface area (Å²) in [5.74, 6) is 0.231. The molecule has 1 aromatic rings. The summed E-state index contributed by atoms with van der Waals surface area (Å²) in [6.07, 6.45) is 0. The van der Waals surface area contributed by atoms with Crippen LogP contribution in [0.2, 0.25) is 0 Å². The van der Waals surface area contributed by atoms with Crippen LogP contribution in [-0.4, -0.2) is 32.9 Å². The van der Waals surface area contributed by atoms with Crippen molar-refractivity contribution in [1.82, 2.24) is 4.31 Å². The number of hydrogen-bond donors (Lipinski definition) is 1. The van der Waals surface area contributed by atoms with E-state index in [0.29, 0.717) is 18.8 Å². The van der Waals surface area contributed by atoms with Crippen LogP contribution >= 0.6 is 0 Å². The first-order valence-electron chi connectivity index (χ1n) is 6.25. The summed E-state index contributed by atoms with van der Waals surface area (Å²) in [6.45, 7) is 8.12. The van der Waals surface area contributed by atoms with Crippen molar-refractivity contribution >= 4 is 15.7 Å². The first-order valence-corrected chi connectivity index (χ1v) is 7.69. The number of nitrogens with two attached hydrogens (primary N) is 1. The third-order valence-electron chi connectivity index (χ3n) is 3.34. The number of sulfonamides is 1. The molecule has 0 radical (unpaired) electrons. The second-order valence-corrected chi connectivity index (χ2v) is 6.26. The highest BCUT2D eigenvalue weighted by Gasteiger charge is 2.28. The lowest BCUT2D eigenvalue weighted by molar-refractivity contribution is 0.397. The van der Waals surface area contributed by atoms with Gasteiger partial charge in [-0.15, -0.1) is 0 Å². The average molecular weight is 286 g/mol. The van der Waals surface area contributed by atoms with Crippen LogP contribution in [0.1, 0.15) is 25.0 Å². The Morgan fingerprint density at radius 1 is 1.26 bits per heavy atom. The predicted octanol–water partition coefficient (Wildman–Crippen LogP) is 1.92. The van der Waals surface area contributed by atoms with Gasteiger partial charge in [-0.3, -0.25) is 0 Å². The van der Waals surface area contributed by atoms with Crippen molar-refractivity contribution in [3.8, 4) is 5.75 Å². The summed E-state index contributed by atoms with van der Waals surface area (Å²) in [7, 11) is -2.15. The number of methoxy groups -OCH3 is 1. The topological polar surface area (TPSA) is 72.6 Å². The Labute approximate surface area is 115 Å². The maximum absolute atomic E-state index is 12.6. The summed E-state index contributed by atoms with van der Waals surface area (Å²) in [6, 6.07) is 1.62. The quantitative estimate of drug-likeness (QED) is 0.839. The molecule has 0 aliphatic rings. The zero-order valence-corrected chi connectivity index (χ0v) is 13.0. The molecule has 0 atom stereocenters. The molecule has 0 unspecified atom stereocenters. The summed E-state index contributed by atoms with van der Waals surface area (Å²) in [5, 5.41) is 0. The predicted molar refractivity (Wildman–Crippen MR) is 77.0 cm³/mol. The molecule has 0 aliphatic heterocycles. The number of anilines is 1. The third-order valence-corrected chi connectivity index (χ3v) is 5.39. The van der Waals surface area contributed by atoms with E-state index in [1.165, 1.54) is 11.4 Å². The van der Waals surface area contributed by atoms with E-state index in [-0.39, 0.29) is 10.6 Å². The third kappa shape index (κ3) is 2.69. The van der Waals surface area contributed by atoms with E-state index in [1.807, 2.05) is 13.8 Å². The molecular formula is C13H22N2O3S. The highest BCUT2D eigenvalue weighted by atomic mass is 32.2. The van der Waals surface area contributed by atoms with Crippen molar-refractivity contribution in [1.29, 1.82) is 0 Å². The van der Waals surface area contributed by atoms with Crippen LogP contribution in [0.15, 0.2) is 11.0 Å². The van der Waals surface area contributed by atoms with Crippen molar-refractivity contribution in [3.63, 3.8) is 0 Å². The molecule has 5 nitrogen and oxygen atoms in total. The lowest BCUT2D eigenvalue weighted by Gasteiger charge is -2.22. The van der Waals surface area contributed by atoms with Crippen LogP contribution < -0.4 is 10.5 Å². The van der Waals surface area contributed by atoms with Gasteiger partial charge in [-0.1, -0.05) is 13.8 Å². The molecule has 0 spiro atoms. The van der Waals surface area contributed by atoms with Crippen molar-refractivity contribution in [2.24, 2.45) is 0 Å². The molecular weight excluding hydrogens is 264 g/mol. The molecule has 19 heavy (non-hydrogen) atoms. The molecule has 1 rings (SSSR count). The average Bonchev–Trinajstić information content (AvgIpc) is 2.36. The second kappa shape index (κ2) is 5.79. The fourth-order valence-electron chi connectivity index (χ4n) is 1.99. The van der Waals surface area contributed by atoms with Crippen molar-refractivity contribution in [3.05, 3.63) is 17.2 Å². The highest BCUT2D eigenvalue weighted by molar-refractivity contribution is 7.89. The van der Waals surface area contributed by atoms with Gasteiger partial charge in [0.15, 0.2) is 5.75 Å². The number of aryl methyl sites for hydroxylation is 1. The van der Waals surface area contributed by atoms with Crippen LogP contribution in [0.3, 0.4) is 0 Å². The van der Waals surface area contributed by atoms with Gasteiger partial charge in [0, 0.05) is 13.1 Å². The molecule has 108 valence electrons. The van der Waals surface area contributed by atoms with Gasteiger partial charge in [0.05, 0.1) is 12.8 Å². The summed E-state index contributed by atoms with van der Waals surface area (Å²) >= 11 is 0. The van der Waals surface area contributed by atoms with Crippen LogP contribution in [0.25, 0.3) is 0 Å². The van der Waals surface area contributed by atoms with E-state index in [1.54, 1.807) is 19.9 Å². The van der Waals surface area contributed by atoms with Crippen molar-refractivity contribution in [2.45, 2.75) is 32.6 Å². The number of hydrogen-bond acceptors (Lipinski definition) is 4. The van der Waals surface area contributed by atoms with Crippen LogP contribution in [0, 0.1) is 13.8 Å². The van der Waals surface area contributed by atoms with Gasteiger partial charge in [0.1, 0.15) is 4.90 Å². The normalized spacial score (nSPS) is 11.9. The standard InChI is InChI=1S/C13H22N2O3S/c1-6-15(7-2)19(16,17)11-8-9(3)10(4)12(14)13(11)18-5/h8H,6-7,14H2,1-5H3. The van der Waals surface area contributed by atoms with E-state index < -0.39 is 10.0 Å². The molecule has 1 aromatic carbocycles. The lowest BCUT2D eigenvalue weighted by Crippen LogP contribution is -2.31. The SMILES string of the molecule is CCN(CC)S(=O)(=O)c1cc(C)c(C)c(N)c1OC. The summed E-state index contributed by atoms with van der Waals surface area (Å²) in [4.78, 5) is 0.138. The van der Waals surface area contributed by atoms with Crippen molar-refractivity contribution in [2.75, 3.05) is 25.9 Å². The fraction of sp³-hybridized carbons (Fsp3) is 0.538. The molecule has 0 heterocycles. The minimum Gasteiger partial charge on any atom is -0.493 e. The highest BCUT2D eigenvalue weighted by Crippen LogP contribution is 2.36. The summed E-state index contributed by atoms with van der Waals surface area (Å²) < 4.78 is 31.8. The molecule has 2 N–H and O–H groups in total. The van der Waals surface area contributed by atoms with E-state index in [0.717, 1.165) is 11.1 Å². The van der Waals surface area contributed by atoms with E-state index in [4.69, 9.17) is 10.5 Å². The van der Waals surface area contributed by atoms with Gasteiger partial charge in [0.2, 0.25) is 10.0 Å². The Bertz CT molecular complexity index is 564. The van der Waals surface area contributed by atoms with Crippen LogP contribution in [0.4, 0.5) is 5.69 Å². The van der Waals surface area contributed by atoms with Crippen molar-refractivity contribution < 1.29 is 13.2 Å². The van der Waals surface area contributed by atoms with E-state index in [9.17, 15) is 8.42 Å². The van der Waals surface area contributed by atoms with Gasteiger partial charge in [0.25, 0.3) is 0 Å². The maximum Gasteiger partial charge on any atom is 0.246 e. The molecule has 0 fully saturated rings. The largest absolute Gasteiger partial charge is 0.493 e. The Hall–Kier alpha value is -1.27. The fourth-order valence-corrected chi connectivity index (χ4v) is 3.70. The molecule has 0 saturated heterocycles. The number of benzene rings is 1. The van der Waals surface area contributed by atoms with Crippen LogP contribution in [-0.2, 0) is 10.0 Å². The zero-order valence-electron chi connectivity index (χ0n) is 12.1. The Morgan fingerprint density at radius 3 is 2.21 bits per heavy atom. The van der Waals surface area contributed by atoms with Gasteiger partial charge >= 0.3 is 0 Å². The van der Waals surface area contributed by atoms with Crippen LogP contribution in [0.5, 0.6) is 5.75 Å². The Kier molecular flexibility index (Phi) is 4.81. The maximum atomic E-state index is 12.6. The minimum absolute atomic E-state index is 0.138. The summed E-state index contributed by atoms with van der Waals surface area (Å²) in [5.41, 5.74) is 8.03. The second-order valence-electron chi connectivity index (χ2n) is 4.35. The molecule has 0 saturated carbocycles. The van der Waals surface area contributed by atoms with Gasteiger partial charge in [-0.25, -0.2) is 8.42 Å². The number of ether oxygens (including phenoxy) is 1. The van der Waals surface area contributed by atoms with E-state index >= 15 is 0 Å². The monoisotopic (exact) mass is 286 g/mol. The molecule has 0 aliphatic carbocycles. The Balaban J connectivity index is 3.59. The molecule has 0 bridgehead atoms. The molecule has 0 aromatic heterocycles. The van der Waals surface area contributed by atoms with Gasteiger partial charge in [-0.05, 0) is 31.0 Å². The lowest BCUT2D eigenvalue weighted by atomic mass is 10.1. The first-order chi connectivity index (χ1) is 8.81. The van der Waals surface area contributed by atoms with E-state index in [2.05, 4.69) is 0 Å². The van der Waals surface area contributed by atoms with Gasteiger partial charge in [-0.2, -0.15) is 4.31 Å². The minimum atomic E-state index is -3.58. The first kappa shape index (κ1) is 15.8. The van der Waals surface area contributed by atoms with Gasteiger partial charge < -0.3 is 10.5 Å². The zero-order chi connectivity index (χ0) is 14.8. The Morgan fingerprint density at radius 2 is 1.79 bits per heavy atom. The molecule has 6 heteroatoms.